The highest BCUT2D eigenvalue weighted by Crippen LogP contribution is 2.15. The Balaban J connectivity index is 2.03. The van der Waals surface area contributed by atoms with Crippen molar-refractivity contribution in [2.45, 2.75) is 26.7 Å². The highest BCUT2D eigenvalue weighted by molar-refractivity contribution is 5.88. The molecular weight excluding hydrogens is 280 g/mol. The van der Waals surface area contributed by atoms with Gasteiger partial charge in [0.05, 0.1) is 6.07 Å². The smallest absolute Gasteiger partial charge is 0.339 e. The molecule has 1 aromatic carbocycles. The van der Waals surface area contributed by atoms with Crippen LogP contribution in [0.3, 0.4) is 0 Å². The van der Waals surface area contributed by atoms with E-state index < -0.39 is 11.6 Å². The van der Waals surface area contributed by atoms with Crippen LogP contribution in [0.25, 0.3) is 6.08 Å². The van der Waals surface area contributed by atoms with Crippen LogP contribution in [0.4, 0.5) is 0 Å². The maximum Gasteiger partial charge on any atom is 0.339 e. The van der Waals surface area contributed by atoms with E-state index in [9.17, 15) is 9.59 Å². The Hall–Kier alpha value is -2.62. The zero-order valence-corrected chi connectivity index (χ0v) is 12.8. The van der Waals surface area contributed by atoms with Gasteiger partial charge in [0.2, 0.25) is 0 Å². The molecule has 0 bridgehead atoms. The lowest BCUT2D eigenvalue weighted by molar-refractivity contribution is -0.128. The second-order valence-corrected chi connectivity index (χ2v) is 5.30. The number of aryl methyl sites for hydroxylation is 1. The van der Waals surface area contributed by atoms with Crippen molar-refractivity contribution in [1.82, 2.24) is 0 Å². The summed E-state index contributed by atoms with van der Waals surface area (Å²) in [6.45, 7) is 5.87. The van der Waals surface area contributed by atoms with E-state index in [1.807, 2.05) is 24.3 Å². The number of ether oxygens (including phenoxy) is 1. The summed E-state index contributed by atoms with van der Waals surface area (Å²) in [4.78, 5) is 22.9. The molecule has 0 fully saturated rings. The van der Waals surface area contributed by atoms with Crippen LogP contribution >= 0.6 is 0 Å². The van der Waals surface area contributed by atoms with Gasteiger partial charge in [0.25, 0.3) is 0 Å². The van der Waals surface area contributed by atoms with Crippen molar-refractivity contribution in [2.75, 3.05) is 0 Å². The number of hydrogen-bond acceptors (Lipinski definition) is 4. The van der Waals surface area contributed by atoms with Crippen LogP contribution in [-0.4, -0.2) is 5.97 Å². The van der Waals surface area contributed by atoms with Crippen molar-refractivity contribution in [3.63, 3.8) is 0 Å². The highest BCUT2D eigenvalue weighted by atomic mass is 16.5. The van der Waals surface area contributed by atoms with Crippen LogP contribution in [0.15, 0.2) is 51.7 Å². The topological polar surface area (TPSA) is 56.5 Å². The number of carbonyl (C=O) groups is 1. The summed E-state index contributed by atoms with van der Waals surface area (Å²) in [5.41, 5.74) is 1.60. The third-order valence-electron chi connectivity index (χ3n) is 3.10. The summed E-state index contributed by atoms with van der Waals surface area (Å²) in [5, 5.41) is 0. The van der Waals surface area contributed by atoms with Gasteiger partial charge in [-0.1, -0.05) is 38.1 Å². The van der Waals surface area contributed by atoms with E-state index >= 15 is 0 Å². The van der Waals surface area contributed by atoms with Crippen LogP contribution in [0.5, 0.6) is 5.75 Å². The lowest BCUT2D eigenvalue weighted by Crippen LogP contribution is -2.07. The van der Waals surface area contributed by atoms with Gasteiger partial charge in [-0.05, 0) is 30.0 Å². The fourth-order valence-corrected chi connectivity index (χ4v) is 1.94. The molecule has 4 heteroatoms. The SMILES string of the molecule is Cc1cc(OC(=O)/C=C/c2ccc(C(C)C)cc2)cc(=O)o1. The molecule has 0 unspecified atom stereocenters. The Morgan fingerprint density at radius 1 is 1.18 bits per heavy atom. The zero-order valence-electron chi connectivity index (χ0n) is 12.8. The maximum absolute atomic E-state index is 11.7. The van der Waals surface area contributed by atoms with Crippen molar-refractivity contribution >= 4 is 12.0 Å². The molecule has 2 aromatic rings. The molecule has 0 aliphatic rings. The summed E-state index contributed by atoms with van der Waals surface area (Å²) in [6, 6.07) is 10.6. The van der Waals surface area contributed by atoms with Crippen molar-refractivity contribution in [3.8, 4) is 5.75 Å². The normalized spacial score (nSPS) is 11.1. The van der Waals surface area contributed by atoms with Gasteiger partial charge in [-0.3, -0.25) is 0 Å². The van der Waals surface area contributed by atoms with E-state index in [0.29, 0.717) is 11.7 Å². The van der Waals surface area contributed by atoms with Crippen molar-refractivity contribution in [2.24, 2.45) is 0 Å². The number of rotatable bonds is 4. The minimum atomic E-state index is -0.545. The van der Waals surface area contributed by atoms with Crippen LogP contribution in [0.1, 0.15) is 36.7 Å². The van der Waals surface area contributed by atoms with Crippen molar-refractivity contribution in [1.29, 1.82) is 0 Å². The average molecular weight is 298 g/mol. The lowest BCUT2D eigenvalue weighted by Gasteiger charge is -2.04. The minimum absolute atomic E-state index is 0.179. The van der Waals surface area contributed by atoms with Gasteiger partial charge < -0.3 is 9.15 Å². The number of esters is 1. The third-order valence-corrected chi connectivity index (χ3v) is 3.10. The minimum Gasteiger partial charge on any atom is -0.428 e. The van der Waals surface area contributed by atoms with Gasteiger partial charge in [0.15, 0.2) is 0 Å². The number of hydrogen-bond donors (Lipinski definition) is 0. The molecule has 0 aliphatic heterocycles. The van der Waals surface area contributed by atoms with Crippen LogP contribution < -0.4 is 10.4 Å². The summed E-state index contributed by atoms with van der Waals surface area (Å²) in [5.74, 6) is 0.496. The molecule has 0 amide bonds. The summed E-state index contributed by atoms with van der Waals surface area (Å²) < 4.78 is 9.87. The average Bonchev–Trinajstić information content (AvgIpc) is 2.44. The first-order valence-electron chi connectivity index (χ1n) is 7.05. The highest BCUT2D eigenvalue weighted by Gasteiger charge is 2.04. The molecule has 0 N–H and O–H groups in total. The van der Waals surface area contributed by atoms with Crippen molar-refractivity contribution < 1.29 is 13.9 Å². The van der Waals surface area contributed by atoms with Gasteiger partial charge >= 0.3 is 11.6 Å². The quantitative estimate of drug-likeness (QED) is 0.638. The predicted octanol–water partition coefficient (Wildman–Crippen LogP) is 3.69. The second kappa shape index (κ2) is 6.89. The maximum atomic E-state index is 11.7. The van der Waals surface area contributed by atoms with Gasteiger partial charge in [-0.25, -0.2) is 9.59 Å². The summed E-state index contributed by atoms with van der Waals surface area (Å²) in [6.07, 6.45) is 3.00. The molecule has 4 nitrogen and oxygen atoms in total. The fourth-order valence-electron chi connectivity index (χ4n) is 1.94. The van der Waals surface area contributed by atoms with Gasteiger partial charge in [0.1, 0.15) is 11.5 Å². The van der Waals surface area contributed by atoms with Crippen LogP contribution in [-0.2, 0) is 4.79 Å². The molecule has 22 heavy (non-hydrogen) atoms. The molecule has 0 saturated heterocycles. The lowest BCUT2D eigenvalue weighted by atomic mass is 10.0. The molecule has 1 aromatic heterocycles. The van der Waals surface area contributed by atoms with E-state index in [-0.39, 0.29) is 5.75 Å². The monoisotopic (exact) mass is 298 g/mol. The Labute approximate surface area is 129 Å². The predicted molar refractivity (Wildman–Crippen MR) is 84.9 cm³/mol. The third kappa shape index (κ3) is 4.45. The molecule has 1 heterocycles. The van der Waals surface area contributed by atoms with E-state index in [4.69, 9.17) is 9.15 Å². The Morgan fingerprint density at radius 2 is 1.86 bits per heavy atom. The Bertz CT molecular complexity index is 736. The Morgan fingerprint density at radius 3 is 2.45 bits per heavy atom. The first kappa shape index (κ1) is 15.8. The van der Waals surface area contributed by atoms with E-state index in [0.717, 1.165) is 11.6 Å². The summed E-state index contributed by atoms with van der Waals surface area (Å²) in [7, 11) is 0. The molecule has 2 rings (SSSR count). The summed E-state index contributed by atoms with van der Waals surface area (Å²) >= 11 is 0. The largest absolute Gasteiger partial charge is 0.428 e. The molecule has 0 spiro atoms. The molecule has 0 atom stereocenters. The first-order chi connectivity index (χ1) is 10.4. The first-order valence-corrected chi connectivity index (χ1v) is 7.05. The van der Waals surface area contributed by atoms with Gasteiger partial charge in [-0.2, -0.15) is 0 Å². The Kier molecular flexibility index (Phi) is 4.94. The number of carbonyl (C=O) groups excluding carboxylic acids is 1. The molecule has 114 valence electrons. The van der Waals surface area contributed by atoms with E-state index in [1.54, 1.807) is 13.0 Å². The van der Waals surface area contributed by atoms with Crippen molar-refractivity contribution in [3.05, 3.63) is 69.8 Å². The number of benzene rings is 1. The second-order valence-electron chi connectivity index (χ2n) is 5.30. The van der Waals surface area contributed by atoms with Crippen LogP contribution in [0, 0.1) is 6.92 Å². The standard InChI is InChI=1S/C18H18O4/c1-12(2)15-7-4-14(5-8-15)6-9-17(19)22-16-10-13(3)21-18(20)11-16/h4-12H,1-3H3/b9-6+. The van der Waals surface area contributed by atoms with E-state index in [1.165, 1.54) is 17.7 Å². The van der Waals surface area contributed by atoms with Crippen LogP contribution in [0.2, 0.25) is 0 Å². The van der Waals surface area contributed by atoms with Gasteiger partial charge in [-0.15, -0.1) is 0 Å². The fraction of sp³-hybridized carbons (Fsp3) is 0.222. The molecule has 0 aliphatic carbocycles. The molecule has 0 radical (unpaired) electrons. The van der Waals surface area contributed by atoms with Gasteiger partial charge in [0, 0.05) is 12.1 Å². The molecule has 0 saturated carbocycles. The van der Waals surface area contributed by atoms with E-state index in [2.05, 4.69) is 13.8 Å². The molecular formula is C18H18O4. The zero-order chi connectivity index (χ0) is 16.1.